The number of phenolic OH excluding ortho intramolecular Hbond substituents is 1. The Balaban J connectivity index is 1.25. The van der Waals surface area contributed by atoms with Crippen LogP contribution < -0.4 is 97.0 Å². The van der Waals surface area contributed by atoms with Crippen molar-refractivity contribution in [3.8, 4) is 5.75 Å². The summed E-state index contributed by atoms with van der Waals surface area (Å²) >= 11 is 8.67. The van der Waals surface area contributed by atoms with Crippen LogP contribution in [0.5, 0.6) is 5.75 Å². The number of carbonyl (C=O) groups excluding carboxylic acids is 16. The number of aromatic hydroxyl groups is 1. The number of nitrogens with two attached hydrogens (primary N) is 3. The fourth-order valence-electron chi connectivity index (χ4n) is 15.1. The van der Waals surface area contributed by atoms with E-state index in [2.05, 4.69) is 115 Å². The summed E-state index contributed by atoms with van der Waals surface area (Å²) in [4.78, 5) is 250. The molecule has 44 heteroatoms. The Labute approximate surface area is 806 Å². The van der Waals surface area contributed by atoms with Crippen LogP contribution in [0.15, 0.2) is 128 Å². The molecule has 42 nitrogen and oxygen atoms in total. The van der Waals surface area contributed by atoms with Crippen LogP contribution in [0.4, 0.5) is 0 Å². The zero-order valence-corrected chi connectivity index (χ0v) is 80.2. The van der Waals surface area contributed by atoms with Gasteiger partial charge in [0.05, 0.1) is 25.4 Å². The quantitative estimate of drug-likeness (QED) is 0.00867. The number of primary amides is 1. The summed E-state index contributed by atoms with van der Waals surface area (Å²) in [6.45, 7) is 14.7. The summed E-state index contributed by atoms with van der Waals surface area (Å²) in [6, 6.07) is 9.09. The molecular formula is C93H134N22O20S2. The van der Waals surface area contributed by atoms with E-state index in [1.54, 1.807) is 146 Å². The number of likely N-dealkylation sites (tertiary alicyclic amines) is 1. The largest absolute Gasteiger partial charge is 0.508 e. The molecular weight excluding hydrogens is 1810 g/mol. The number of aromatic nitrogens is 2. The summed E-state index contributed by atoms with van der Waals surface area (Å²) in [7, 11) is 0. The molecule has 0 bridgehead atoms. The maximum atomic E-state index is 15.3. The molecule has 1 aliphatic rings. The molecule has 5 aromatic rings. The summed E-state index contributed by atoms with van der Waals surface area (Å²) < 4.78 is 0. The number of hydrogen-bond donors (Lipinski definition) is 25. The molecule has 1 aliphatic heterocycles. The molecule has 16 amide bonds. The van der Waals surface area contributed by atoms with Crippen LogP contribution in [0.3, 0.4) is 0 Å². The number of carbonyl (C=O) groups is 17. The minimum absolute atomic E-state index is 0.00857. The molecule has 137 heavy (non-hydrogen) atoms. The van der Waals surface area contributed by atoms with E-state index < -0.39 is 222 Å². The van der Waals surface area contributed by atoms with Crippen molar-refractivity contribution in [2.24, 2.45) is 40.9 Å². The lowest BCUT2D eigenvalue weighted by Gasteiger charge is -2.31. The van der Waals surface area contributed by atoms with Gasteiger partial charge in [0.2, 0.25) is 94.5 Å². The van der Waals surface area contributed by atoms with Gasteiger partial charge in [-0.1, -0.05) is 171 Å². The number of rotatable bonds is 57. The van der Waals surface area contributed by atoms with Gasteiger partial charge in [0.15, 0.2) is 5.96 Å². The number of imidazole rings is 1. The van der Waals surface area contributed by atoms with Gasteiger partial charge in [-0.2, -0.15) is 25.3 Å². The van der Waals surface area contributed by atoms with Crippen LogP contribution >= 0.6 is 25.3 Å². The molecule has 748 valence electrons. The van der Waals surface area contributed by atoms with E-state index in [1.165, 1.54) is 48.6 Å². The minimum atomic E-state index is -1.78. The van der Waals surface area contributed by atoms with Crippen molar-refractivity contribution in [2.75, 3.05) is 31.1 Å². The second kappa shape index (κ2) is 57.0. The van der Waals surface area contributed by atoms with Crippen molar-refractivity contribution in [3.63, 3.8) is 0 Å². The first kappa shape index (κ1) is 113. The second-order valence-electron chi connectivity index (χ2n) is 34.9. The van der Waals surface area contributed by atoms with Crippen LogP contribution in [-0.4, -0.2) is 265 Å². The number of aliphatic carboxylic acids is 1. The van der Waals surface area contributed by atoms with Gasteiger partial charge < -0.3 is 122 Å². The first-order chi connectivity index (χ1) is 65.1. The zero-order valence-electron chi connectivity index (χ0n) is 78.4. The highest BCUT2D eigenvalue weighted by atomic mass is 32.1. The Hall–Kier alpha value is -13.2. The van der Waals surface area contributed by atoms with E-state index in [0.29, 0.717) is 34.4 Å². The molecule has 6 rings (SSSR count). The summed E-state index contributed by atoms with van der Waals surface area (Å²) in [5, 5.41) is 78.0. The standard InChI is InChI=1S/C93H134N22O20S2/c1-10-52(7)75(89(132)108-67(41-58-31-33-60(117)34-32-58)85(128)113-76(53(8)11-2)90(133)111-70(47-136)86(129)109-69(42-57-27-19-14-20-28-57)92(135)115-36-22-30-72(115)88(131)102-62(78(95)121)44-74(119)120)112-84(127)66(40-56-25-17-13-18-26-56)105-80(123)63(37-50(3)4)103-83(126)68(43-59-46-98-49-100-59)106-82(125)65(39-55-23-15-12-16-24-55)104-81(124)64(38-51(5)6)107-91(134)77(54(9)116)114-87(130)71(48-137)110-79(122)61(101-73(118)45-94)29-21-35-99-93(96)97/h12-20,23-28,31-34,46,49-54,61-72,75-77,116-117,136-137H,10-11,21-22,29-30,35-45,47-48,94H2,1-9H3,(H2,95,121)(H,98,100)(H,101,118)(H,102,131)(H,103,126)(H,104,124)(H,105,123)(H,106,125)(H,107,134)(H,108,132)(H,109,129)(H,110,122)(H,111,133)(H,112,127)(H,113,128)(H,114,130)(H,119,120)(H4,96,97,99)/t52-,53-,54+,61-,62-,63-,64-,65-,66-,67-,68-,69-,70-,71-,72-,75-,76-,77-/m0/s1. The number of H-pyrrole nitrogens is 1. The number of carboxylic acid groups (broad SMARTS) is 1. The van der Waals surface area contributed by atoms with Gasteiger partial charge in [-0.15, -0.1) is 0 Å². The van der Waals surface area contributed by atoms with Gasteiger partial charge in [-0.05, 0) is 104 Å². The Morgan fingerprint density at radius 2 is 0.839 bits per heavy atom. The summed E-state index contributed by atoms with van der Waals surface area (Å²) in [6.07, 6.45) is 0.208. The number of nitrogens with zero attached hydrogens (tertiary/aromatic N) is 2. The summed E-state index contributed by atoms with van der Waals surface area (Å²) in [5.74, 6) is -19.0. The van der Waals surface area contributed by atoms with Crippen molar-refractivity contribution < 1.29 is 96.8 Å². The smallest absolute Gasteiger partial charge is 0.305 e. The normalized spacial score (nSPS) is 16.1. The van der Waals surface area contributed by atoms with Crippen molar-refractivity contribution in [1.29, 1.82) is 5.41 Å². The molecule has 2 heterocycles. The fourth-order valence-corrected chi connectivity index (χ4v) is 15.6. The minimum Gasteiger partial charge on any atom is -0.508 e. The number of aliphatic hydroxyl groups is 1. The molecule has 1 fully saturated rings. The molecule has 0 unspecified atom stereocenters. The van der Waals surface area contributed by atoms with E-state index >= 15 is 28.8 Å². The first-order valence-corrected chi connectivity index (χ1v) is 46.9. The van der Waals surface area contributed by atoms with Crippen LogP contribution in [0, 0.1) is 29.1 Å². The van der Waals surface area contributed by atoms with Crippen LogP contribution in [0.2, 0.25) is 0 Å². The third-order valence-electron chi connectivity index (χ3n) is 23.0. The monoisotopic (exact) mass is 1940 g/mol. The lowest BCUT2D eigenvalue weighted by atomic mass is 9.95. The number of thiol groups is 2. The van der Waals surface area contributed by atoms with E-state index in [1.807, 2.05) is 0 Å². The fraction of sp³-hybridized carbons (Fsp3) is 0.516. The first-order valence-electron chi connectivity index (χ1n) is 45.7. The van der Waals surface area contributed by atoms with Gasteiger partial charge in [-0.25, -0.2) is 4.98 Å². The Morgan fingerprint density at radius 3 is 1.26 bits per heavy atom. The highest BCUT2D eigenvalue weighted by Crippen LogP contribution is 2.23. The van der Waals surface area contributed by atoms with E-state index in [4.69, 9.17) is 22.6 Å². The number of benzene rings is 4. The maximum Gasteiger partial charge on any atom is 0.305 e. The van der Waals surface area contributed by atoms with E-state index in [9.17, 15) is 68.1 Å². The number of hydrogen-bond acceptors (Lipinski definition) is 24. The van der Waals surface area contributed by atoms with Gasteiger partial charge in [0.1, 0.15) is 96.4 Å². The number of guanidine groups is 1. The topological polar surface area (TPSA) is 665 Å². The Bertz CT molecular complexity index is 4880. The number of carboxylic acids is 1. The van der Waals surface area contributed by atoms with Gasteiger partial charge >= 0.3 is 5.97 Å². The van der Waals surface area contributed by atoms with Gasteiger partial charge in [0.25, 0.3) is 0 Å². The van der Waals surface area contributed by atoms with Crippen molar-refractivity contribution in [1.82, 2.24) is 94.6 Å². The number of phenols is 1. The zero-order chi connectivity index (χ0) is 101. The summed E-state index contributed by atoms with van der Waals surface area (Å²) in [5.41, 5.74) is 18.7. The molecule has 26 N–H and O–H groups in total. The molecule has 4 aromatic carbocycles. The Kier molecular flexibility index (Phi) is 46.8. The van der Waals surface area contributed by atoms with Crippen LogP contribution in [-0.2, 0) is 114 Å². The van der Waals surface area contributed by atoms with Crippen LogP contribution in [0.1, 0.15) is 148 Å². The number of aromatic amines is 1. The van der Waals surface area contributed by atoms with Crippen LogP contribution in [0.25, 0.3) is 0 Å². The van der Waals surface area contributed by atoms with Gasteiger partial charge in [-0.3, -0.25) is 86.9 Å². The molecule has 0 aliphatic carbocycles. The number of amides is 16. The Morgan fingerprint density at radius 1 is 0.467 bits per heavy atom. The predicted octanol–water partition coefficient (Wildman–Crippen LogP) is -1.99. The SMILES string of the molecule is CC[C@H](C)[C@H](NC(=O)[C@H](Cc1ccc(O)cc1)NC(=O)[C@@H](NC(=O)[C@H](Cc1ccccc1)NC(=O)[C@H](CC(C)C)NC(=O)[C@H](Cc1cnc[nH]1)NC(=O)[C@H](Cc1ccccc1)NC(=O)[C@H](CC(C)C)NC(=O)[C@@H](NC(=O)[C@H](CS)NC(=O)[C@H](CCCNC(=N)N)NC(=O)CN)[C@@H](C)O)[C@@H](C)CC)C(=O)N[C@@H](CS)C(=O)N[C@@H](Cc1ccccc1)C(=O)N1CCC[C@H]1C(=O)N[C@@H](CC(=O)O)C(N)=O. The molecule has 0 saturated carbocycles. The van der Waals surface area contributed by atoms with E-state index in [-0.39, 0.29) is 125 Å². The lowest BCUT2D eigenvalue weighted by molar-refractivity contribution is -0.143. The molecule has 1 aromatic heterocycles. The highest BCUT2D eigenvalue weighted by molar-refractivity contribution is 7.80. The van der Waals surface area contributed by atoms with E-state index in [0.717, 1.165) is 0 Å². The third kappa shape index (κ3) is 37.4. The number of nitrogens with one attached hydrogen (secondary N) is 17. The number of aliphatic hydroxyl groups excluding tert-OH is 1. The average Bonchev–Trinajstić information content (AvgIpc) is 1.76. The molecule has 1 saturated heterocycles. The van der Waals surface area contributed by atoms with Crippen molar-refractivity contribution >= 4 is 132 Å². The van der Waals surface area contributed by atoms with Crippen molar-refractivity contribution in [2.45, 2.75) is 249 Å². The molecule has 0 radical (unpaired) electrons. The highest BCUT2D eigenvalue weighted by Gasteiger charge is 2.43. The van der Waals surface area contributed by atoms with Crippen molar-refractivity contribution in [3.05, 3.63) is 156 Å². The average molecular weight is 1940 g/mol. The third-order valence-corrected chi connectivity index (χ3v) is 23.7. The lowest BCUT2D eigenvalue weighted by Crippen LogP contribution is -2.63. The predicted molar refractivity (Wildman–Crippen MR) is 513 cm³/mol. The maximum absolute atomic E-state index is 15.3. The molecule has 18 atom stereocenters. The van der Waals surface area contributed by atoms with Gasteiger partial charge in [0, 0.05) is 68.6 Å². The molecule has 0 spiro atoms. The second-order valence-corrected chi connectivity index (χ2v) is 35.7.